The number of hydrogen-bond acceptors (Lipinski definition) is 5. The summed E-state index contributed by atoms with van der Waals surface area (Å²) in [7, 11) is 0. The molecule has 4 rings (SSSR count). The zero-order chi connectivity index (χ0) is 19.4. The van der Waals surface area contributed by atoms with Crippen molar-refractivity contribution in [3.63, 3.8) is 0 Å². The number of H-pyrrole nitrogens is 1. The fraction of sp³-hybridized carbons (Fsp3) is 0.381. The number of aromatic amines is 1. The number of pyridine rings is 1. The zero-order valence-corrected chi connectivity index (χ0v) is 15.8. The predicted molar refractivity (Wildman–Crippen MR) is 108 cm³/mol. The highest BCUT2D eigenvalue weighted by atomic mass is 16.3. The molecule has 1 aliphatic heterocycles. The molecule has 28 heavy (non-hydrogen) atoms. The third-order valence-corrected chi connectivity index (χ3v) is 5.17. The van der Waals surface area contributed by atoms with E-state index < -0.39 is 5.60 Å². The number of piperidine rings is 1. The van der Waals surface area contributed by atoms with Gasteiger partial charge in [-0.1, -0.05) is 18.2 Å². The first-order chi connectivity index (χ1) is 13.6. The first kappa shape index (κ1) is 18.4. The van der Waals surface area contributed by atoms with Gasteiger partial charge in [0.25, 0.3) is 0 Å². The summed E-state index contributed by atoms with van der Waals surface area (Å²) in [5, 5.41) is 13.8. The van der Waals surface area contributed by atoms with Crippen LogP contribution in [0, 0.1) is 0 Å². The molecule has 3 N–H and O–H groups in total. The number of nitrogens with zero attached hydrogens (tertiary/aromatic N) is 3. The normalized spacial score (nSPS) is 19.7. The van der Waals surface area contributed by atoms with E-state index in [0.29, 0.717) is 25.8 Å². The largest absolute Gasteiger partial charge is 0.386 e. The molecule has 0 bridgehead atoms. The van der Waals surface area contributed by atoms with Gasteiger partial charge in [0.15, 0.2) is 0 Å². The van der Waals surface area contributed by atoms with Crippen LogP contribution in [0.3, 0.4) is 0 Å². The summed E-state index contributed by atoms with van der Waals surface area (Å²) in [4.78, 5) is 26.4. The van der Waals surface area contributed by atoms with Gasteiger partial charge in [-0.2, -0.15) is 0 Å². The van der Waals surface area contributed by atoms with Crippen molar-refractivity contribution < 1.29 is 9.90 Å². The summed E-state index contributed by atoms with van der Waals surface area (Å²) < 4.78 is 0. The standard InChI is InChI=1S/C21H25N5O2/c27-20(10-9-18-24-16-6-1-2-7-17(16)25-18)23-14-21(28)11-5-13-26(15-21)19-8-3-4-12-22-19/h1-4,6-8,12,28H,5,9-11,13-15H2,(H,23,27)(H,24,25). The van der Waals surface area contributed by atoms with Crippen molar-refractivity contribution in [3.05, 3.63) is 54.5 Å². The van der Waals surface area contributed by atoms with E-state index in [0.717, 1.165) is 35.6 Å². The Balaban J connectivity index is 1.28. The molecule has 1 aromatic carbocycles. The van der Waals surface area contributed by atoms with Gasteiger partial charge in [-0.3, -0.25) is 4.79 Å². The van der Waals surface area contributed by atoms with E-state index in [4.69, 9.17) is 0 Å². The lowest BCUT2D eigenvalue weighted by Crippen LogP contribution is -2.54. The van der Waals surface area contributed by atoms with Crippen LogP contribution in [-0.4, -0.2) is 51.2 Å². The van der Waals surface area contributed by atoms with Crippen LogP contribution < -0.4 is 10.2 Å². The van der Waals surface area contributed by atoms with Crippen LogP contribution in [0.5, 0.6) is 0 Å². The first-order valence-electron chi connectivity index (χ1n) is 9.70. The fourth-order valence-electron chi connectivity index (χ4n) is 3.70. The van der Waals surface area contributed by atoms with Gasteiger partial charge >= 0.3 is 0 Å². The Morgan fingerprint density at radius 2 is 2.11 bits per heavy atom. The van der Waals surface area contributed by atoms with E-state index in [1.54, 1.807) is 6.20 Å². The highest BCUT2D eigenvalue weighted by Gasteiger charge is 2.34. The minimum absolute atomic E-state index is 0.0798. The highest BCUT2D eigenvalue weighted by molar-refractivity contribution is 5.77. The number of anilines is 1. The summed E-state index contributed by atoms with van der Waals surface area (Å²) in [5.41, 5.74) is 0.943. The molecule has 0 saturated carbocycles. The van der Waals surface area contributed by atoms with Crippen molar-refractivity contribution in [2.24, 2.45) is 0 Å². The number of aromatic nitrogens is 3. The number of para-hydroxylation sites is 2. The van der Waals surface area contributed by atoms with E-state index in [1.165, 1.54) is 0 Å². The number of carbonyl (C=O) groups excluding carboxylic acids is 1. The van der Waals surface area contributed by atoms with Gasteiger partial charge < -0.3 is 20.3 Å². The molecular weight excluding hydrogens is 354 g/mol. The minimum atomic E-state index is -0.940. The average Bonchev–Trinajstić information content (AvgIpc) is 3.15. The van der Waals surface area contributed by atoms with Crippen molar-refractivity contribution in [1.82, 2.24) is 20.3 Å². The van der Waals surface area contributed by atoms with Crippen LogP contribution in [0.1, 0.15) is 25.1 Å². The Morgan fingerprint density at radius 1 is 1.25 bits per heavy atom. The minimum Gasteiger partial charge on any atom is -0.386 e. The van der Waals surface area contributed by atoms with Crippen LogP contribution in [0.15, 0.2) is 48.7 Å². The van der Waals surface area contributed by atoms with E-state index in [9.17, 15) is 9.90 Å². The lowest BCUT2D eigenvalue weighted by atomic mass is 9.92. The van der Waals surface area contributed by atoms with Gasteiger partial charge in [0.1, 0.15) is 11.6 Å². The van der Waals surface area contributed by atoms with Gasteiger partial charge in [-0.05, 0) is 37.1 Å². The van der Waals surface area contributed by atoms with Crippen molar-refractivity contribution in [1.29, 1.82) is 0 Å². The second kappa shape index (κ2) is 7.98. The van der Waals surface area contributed by atoms with Gasteiger partial charge in [0.05, 0.1) is 16.6 Å². The van der Waals surface area contributed by atoms with E-state index in [2.05, 4.69) is 25.2 Å². The van der Waals surface area contributed by atoms with Gasteiger partial charge in [0, 0.05) is 38.7 Å². The number of benzene rings is 1. The average molecular weight is 379 g/mol. The molecule has 7 heteroatoms. The number of aliphatic hydroxyl groups is 1. The number of fused-ring (bicyclic) bond motifs is 1. The molecule has 1 amide bonds. The molecular formula is C21H25N5O2. The van der Waals surface area contributed by atoms with Crippen molar-refractivity contribution >= 4 is 22.8 Å². The van der Waals surface area contributed by atoms with E-state index in [-0.39, 0.29) is 12.5 Å². The SMILES string of the molecule is O=C(CCc1nc2ccccc2[nH]1)NCC1(O)CCCN(c2ccccn2)C1. The number of rotatable bonds is 6. The number of imidazole rings is 1. The van der Waals surface area contributed by atoms with Crippen molar-refractivity contribution in [2.75, 3.05) is 24.5 Å². The lowest BCUT2D eigenvalue weighted by molar-refractivity contribution is -0.122. The van der Waals surface area contributed by atoms with E-state index >= 15 is 0 Å². The molecule has 3 heterocycles. The second-order valence-electron chi connectivity index (χ2n) is 7.41. The molecule has 7 nitrogen and oxygen atoms in total. The van der Waals surface area contributed by atoms with Crippen LogP contribution in [0.2, 0.25) is 0 Å². The molecule has 0 aliphatic carbocycles. The number of nitrogens with one attached hydrogen (secondary N) is 2. The molecule has 1 saturated heterocycles. The summed E-state index contributed by atoms with van der Waals surface area (Å²) in [5.74, 6) is 1.58. The maximum Gasteiger partial charge on any atom is 0.220 e. The quantitative estimate of drug-likeness (QED) is 0.609. The smallest absolute Gasteiger partial charge is 0.220 e. The summed E-state index contributed by atoms with van der Waals surface area (Å²) in [6.07, 6.45) is 4.16. The third kappa shape index (κ3) is 4.31. The molecule has 1 unspecified atom stereocenters. The van der Waals surface area contributed by atoms with Gasteiger partial charge in [-0.15, -0.1) is 0 Å². The molecule has 146 valence electrons. The van der Waals surface area contributed by atoms with Gasteiger partial charge in [0.2, 0.25) is 5.91 Å². The number of aryl methyl sites for hydroxylation is 1. The molecule has 3 aromatic rings. The number of amides is 1. The summed E-state index contributed by atoms with van der Waals surface area (Å²) in [6, 6.07) is 13.6. The van der Waals surface area contributed by atoms with Crippen molar-refractivity contribution in [2.45, 2.75) is 31.3 Å². The lowest BCUT2D eigenvalue weighted by Gasteiger charge is -2.39. The molecule has 2 aromatic heterocycles. The highest BCUT2D eigenvalue weighted by Crippen LogP contribution is 2.24. The zero-order valence-electron chi connectivity index (χ0n) is 15.8. The second-order valence-corrected chi connectivity index (χ2v) is 7.41. The Bertz CT molecular complexity index is 909. The number of carbonyl (C=O) groups is 1. The molecule has 0 spiro atoms. The topological polar surface area (TPSA) is 94.1 Å². The Hall–Kier alpha value is -2.93. The molecule has 1 aliphatic rings. The summed E-state index contributed by atoms with van der Waals surface area (Å²) in [6.45, 7) is 1.57. The number of β-amino-alcohol motifs (C(OH)–C–C–N with tert-alkyl or cyclic N) is 1. The maximum atomic E-state index is 12.3. The summed E-state index contributed by atoms with van der Waals surface area (Å²) >= 11 is 0. The molecule has 1 fully saturated rings. The first-order valence-corrected chi connectivity index (χ1v) is 9.70. The van der Waals surface area contributed by atoms with Crippen molar-refractivity contribution in [3.8, 4) is 0 Å². The Labute approximate surface area is 163 Å². The van der Waals surface area contributed by atoms with Crippen LogP contribution in [-0.2, 0) is 11.2 Å². The van der Waals surface area contributed by atoms with Crippen LogP contribution in [0.25, 0.3) is 11.0 Å². The maximum absolute atomic E-state index is 12.3. The Morgan fingerprint density at radius 3 is 2.93 bits per heavy atom. The monoisotopic (exact) mass is 379 g/mol. The van der Waals surface area contributed by atoms with E-state index in [1.807, 2.05) is 42.5 Å². The fourth-order valence-corrected chi connectivity index (χ4v) is 3.70. The molecule has 0 radical (unpaired) electrons. The van der Waals surface area contributed by atoms with Crippen LogP contribution in [0.4, 0.5) is 5.82 Å². The number of hydrogen-bond donors (Lipinski definition) is 3. The predicted octanol–water partition coefficient (Wildman–Crippen LogP) is 2.04. The third-order valence-electron chi connectivity index (χ3n) is 5.17. The van der Waals surface area contributed by atoms with Gasteiger partial charge in [-0.25, -0.2) is 9.97 Å². The Kier molecular flexibility index (Phi) is 5.25. The van der Waals surface area contributed by atoms with Crippen LogP contribution >= 0.6 is 0 Å². The molecule has 1 atom stereocenters.